The molecule has 1 aliphatic heterocycles. The highest BCUT2D eigenvalue weighted by Crippen LogP contribution is 2.29. The maximum Gasteiger partial charge on any atom is 0.227 e. The van der Waals surface area contributed by atoms with Gasteiger partial charge in [0, 0.05) is 45.3 Å². The van der Waals surface area contributed by atoms with Crippen LogP contribution in [0.3, 0.4) is 0 Å². The highest BCUT2D eigenvalue weighted by atomic mass is 16.2. The van der Waals surface area contributed by atoms with Crippen molar-refractivity contribution >= 4 is 5.91 Å². The SMILES string of the molecule is C=CCN(CCc1ccccc1)C(=O)[C@H]1CNC[C@@H]1c1cnn(C)c1. The molecule has 1 N–H and O–H groups in total. The van der Waals surface area contributed by atoms with Crippen LogP contribution in [0.5, 0.6) is 0 Å². The summed E-state index contributed by atoms with van der Waals surface area (Å²) >= 11 is 0. The summed E-state index contributed by atoms with van der Waals surface area (Å²) in [6.45, 7) is 6.66. The molecular formula is C20H26N4O. The summed E-state index contributed by atoms with van der Waals surface area (Å²) in [5.41, 5.74) is 2.38. The molecule has 2 aromatic rings. The van der Waals surface area contributed by atoms with Crippen molar-refractivity contribution in [2.45, 2.75) is 12.3 Å². The van der Waals surface area contributed by atoms with Crippen LogP contribution in [0.15, 0.2) is 55.4 Å². The van der Waals surface area contributed by atoms with Gasteiger partial charge < -0.3 is 10.2 Å². The number of amides is 1. The first-order valence-corrected chi connectivity index (χ1v) is 8.82. The zero-order valence-electron chi connectivity index (χ0n) is 14.8. The molecule has 1 fully saturated rings. The molecule has 2 atom stereocenters. The van der Waals surface area contributed by atoms with Crippen LogP contribution in [-0.4, -0.2) is 46.8 Å². The molecule has 25 heavy (non-hydrogen) atoms. The van der Waals surface area contributed by atoms with Crippen molar-refractivity contribution in [1.29, 1.82) is 0 Å². The molecule has 0 spiro atoms. The summed E-state index contributed by atoms with van der Waals surface area (Å²) in [5.74, 6) is 0.347. The molecule has 5 heteroatoms. The van der Waals surface area contributed by atoms with Crippen molar-refractivity contribution < 1.29 is 4.79 Å². The number of carbonyl (C=O) groups excluding carboxylic acids is 1. The van der Waals surface area contributed by atoms with E-state index in [0.717, 1.165) is 25.1 Å². The number of hydrogen-bond donors (Lipinski definition) is 1. The molecule has 132 valence electrons. The van der Waals surface area contributed by atoms with E-state index in [2.05, 4.69) is 29.1 Å². The van der Waals surface area contributed by atoms with E-state index in [4.69, 9.17) is 0 Å². The van der Waals surface area contributed by atoms with Crippen LogP contribution in [0.4, 0.5) is 0 Å². The summed E-state index contributed by atoms with van der Waals surface area (Å²) in [6.07, 6.45) is 6.56. The molecule has 3 rings (SSSR count). The fourth-order valence-corrected chi connectivity index (χ4v) is 3.51. The van der Waals surface area contributed by atoms with Crippen LogP contribution < -0.4 is 5.32 Å². The Balaban J connectivity index is 1.69. The zero-order valence-corrected chi connectivity index (χ0v) is 14.8. The van der Waals surface area contributed by atoms with Gasteiger partial charge in [0.15, 0.2) is 0 Å². The Hall–Kier alpha value is -2.40. The molecule has 1 aromatic carbocycles. The van der Waals surface area contributed by atoms with Crippen LogP contribution in [0, 0.1) is 5.92 Å². The van der Waals surface area contributed by atoms with Crippen molar-refractivity contribution in [1.82, 2.24) is 20.0 Å². The number of nitrogens with zero attached hydrogens (tertiary/aromatic N) is 3. The third kappa shape index (κ3) is 4.17. The Bertz CT molecular complexity index is 709. The highest BCUT2D eigenvalue weighted by Gasteiger charge is 2.36. The average Bonchev–Trinajstić information content (AvgIpc) is 3.27. The van der Waals surface area contributed by atoms with Crippen molar-refractivity contribution in [3.05, 3.63) is 66.5 Å². The van der Waals surface area contributed by atoms with E-state index in [1.54, 1.807) is 4.68 Å². The van der Waals surface area contributed by atoms with Gasteiger partial charge >= 0.3 is 0 Å². The molecule has 2 heterocycles. The van der Waals surface area contributed by atoms with Crippen LogP contribution in [0.2, 0.25) is 0 Å². The van der Waals surface area contributed by atoms with E-state index >= 15 is 0 Å². The zero-order chi connectivity index (χ0) is 17.6. The number of hydrogen-bond acceptors (Lipinski definition) is 3. The number of aryl methyl sites for hydroxylation is 1. The fraction of sp³-hybridized carbons (Fsp3) is 0.400. The minimum absolute atomic E-state index is 0.0417. The largest absolute Gasteiger partial charge is 0.338 e. The average molecular weight is 338 g/mol. The van der Waals surface area contributed by atoms with E-state index in [9.17, 15) is 4.79 Å². The van der Waals surface area contributed by atoms with Gasteiger partial charge in [-0.2, -0.15) is 5.10 Å². The summed E-state index contributed by atoms with van der Waals surface area (Å²) in [5, 5.41) is 7.63. The van der Waals surface area contributed by atoms with Gasteiger partial charge in [-0.1, -0.05) is 36.4 Å². The number of aromatic nitrogens is 2. The van der Waals surface area contributed by atoms with Crippen LogP contribution in [0.1, 0.15) is 17.0 Å². The lowest BCUT2D eigenvalue weighted by atomic mass is 9.89. The van der Waals surface area contributed by atoms with Gasteiger partial charge in [-0.15, -0.1) is 6.58 Å². The van der Waals surface area contributed by atoms with E-state index in [-0.39, 0.29) is 17.7 Å². The molecule has 1 amide bonds. The summed E-state index contributed by atoms with van der Waals surface area (Å²) in [7, 11) is 1.91. The monoisotopic (exact) mass is 338 g/mol. The summed E-state index contributed by atoms with van der Waals surface area (Å²) < 4.78 is 1.80. The van der Waals surface area contributed by atoms with Gasteiger partial charge in [0.25, 0.3) is 0 Å². The maximum atomic E-state index is 13.2. The van der Waals surface area contributed by atoms with Gasteiger partial charge in [0.2, 0.25) is 5.91 Å². The Morgan fingerprint density at radius 1 is 1.40 bits per heavy atom. The molecule has 0 saturated carbocycles. The molecule has 1 saturated heterocycles. The number of nitrogens with one attached hydrogen (secondary N) is 1. The predicted octanol–water partition coefficient (Wildman–Crippen LogP) is 1.98. The summed E-state index contributed by atoms with van der Waals surface area (Å²) in [4.78, 5) is 15.1. The quantitative estimate of drug-likeness (QED) is 0.786. The first-order chi connectivity index (χ1) is 12.2. The van der Waals surface area contributed by atoms with Crippen molar-refractivity contribution in [2.75, 3.05) is 26.2 Å². The Labute approximate surface area is 149 Å². The summed E-state index contributed by atoms with van der Waals surface area (Å²) in [6, 6.07) is 10.3. The lowest BCUT2D eigenvalue weighted by Crippen LogP contribution is -2.40. The first kappa shape index (κ1) is 17.4. The Kier molecular flexibility index (Phi) is 5.66. The molecule has 0 unspecified atom stereocenters. The Morgan fingerprint density at radius 3 is 2.88 bits per heavy atom. The number of benzene rings is 1. The highest BCUT2D eigenvalue weighted by molar-refractivity contribution is 5.80. The third-order valence-corrected chi connectivity index (χ3v) is 4.86. The maximum absolute atomic E-state index is 13.2. The van der Waals surface area contributed by atoms with E-state index in [1.165, 1.54) is 5.56 Å². The van der Waals surface area contributed by atoms with Crippen LogP contribution in [0.25, 0.3) is 0 Å². The van der Waals surface area contributed by atoms with Crippen molar-refractivity contribution in [3.63, 3.8) is 0 Å². The van der Waals surface area contributed by atoms with E-state index in [1.807, 2.05) is 48.6 Å². The van der Waals surface area contributed by atoms with Gasteiger partial charge in [-0.05, 0) is 17.5 Å². The molecule has 0 aliphatic carbocycles. The fourth-order valence-electron chi connectivity index (χ4n) is 3.51. The lowest BCUT2D eigenvalue weighted by molar-refractivity contribution is -0.134. The molecule has 0 bridgehead atoms. The molecule has 1 aromatic heterocycles. The van der Waals surface area contributed by atoms with Crippen LogP contribution >= 0.6 is 0 Å². The minimum atomic E-state index is -0.0417. The van der Waals surface area contributed by atoms with Crippen molar-refractivity contribution in [2.24, 2.45) is 13.0 Å². The van der Waals surface area contributed by atoms with Gasteiger partial charge in [0.1, 0.15) is 0 Å². The normalized spacial score (nSPS) is 19.7. The Morgan fingerprint density at radius 2 is 2.20 bits per heavy atom. The topological polar surface area (TPSA) is 50.2 Å². The molecule has 0 radical (unpaired) electrons. The second-order valence-electron chi connectivity index (χ2n) is 6.63. The first-order valence-electron chi connectivity index (χ1n) is 8.82. The standard InChI is InChI=1S/C20H26N4O/c1-3-10-24(11-9-16-7-5-4-6-8-16)20(25)19-14-21-13-18(19)17-12-22-23(2)15-17/h3-8,12,15,18-19,21H,1,9-11,13-14H2,2H3/t18-,19+/m1/s1. The van der Waals surface area contributed by atoms with Gasteiger partial charge in [-0.3, -0.25) is 9.48 Å². The smallest absolute Gasteiger partial charge is 0.227 e. The number of rotatable bonds is 7. The molecule has 5 nitrogen and oxygen atoms in total. The predicted molar refractivity (Wildman–Crippen MR) is 99.2 cm³/mol. The third-order valence-electron chi connectivity index (χ3n) is 4.86. The molecule has 1 aliphatic rings. The van der Waals surface area contributed by atoms with Crippen LogP contribution in [-0.2, 0) is 18.3 Å². The van der Waals surface area contributed by atoms with Gasteiger partial charge in [-0.25, -0.2) is 0 Å². The van der Waals surface area contributed by atoms with E-state index in [0.29, 0.717) is 13.1 Å². The molecular weight excluding hydrogens is 312 g/mol. The second-order valence-corrected chi connectivity index (χ2v) is 6.63. The second kappa shape index (κ2) is 8.12. The minimum Gasteiger partial charge on any atom is -0.338 e. The van der Waals surface area contributed by atoms with E-state index < -0.39 is 0 Å². The van der Waals surface area contributed by atoms with Gasteiger partial charge in [0.05, 0.1) is 12.1 Å². The number of carbonyl (C=O) groups is 1. The lowest BCUT2D eigenvalue weighted by Gasteiger charge is -2.27. The van der Waals surface area contributed by atoms with Crippen molar-refractivity contribution in [3.8, 4) is 0 Å².